The minimum Gasteiger partial charge on any atom is -0.455 e. The van der Waals surface area contributed by atoms with Gasteiger partial charge in [-0.25, -0.2) is 5.43 Å². The van der Waals surface area contributed by atoms with Crippen LogP contribution in [0.2, 0.25) is 5.02 Å². The van der Waals surface area contributed by atoms with Crippen LogP contribution in [0.5, 0.6) is 0 Å². The number of hydrogen-bond donors (Lipinski definition) is 1. The first-order chi connectivity index (χ1) is 15.6. The summed E-state index contributed by atoms with van der Waals surface area (Å²) in [5, 5.41) is 16.0. The van der Waals surface area contributed by atoms with Crippen molar-refractivity contribution in [3.63, 3.8) is 0 Å². The lowest BCUT2D eigenvalue weighted by Gasteiger charge is -2.18. The third kappa shape index (κ3) is 4.81. The fourth-order valence-electron chi connectivity index (χ4n) is 3.21. The van der Waals surface area contributed by atoms with Crippen LogP contribution in [-0.2, 0) is 5.41 Å². The van der Waals surface area contributed by atoms with Crippen molar-refractivity contribution in [2.75, 3.05) is 0 Å². The van der Waals surface area contributed by atoms with Gasteiger partial charge in [0.05, 0.1) is 16.2 Å². The van der Waals surface area contributed by atoms with Crippen molar-refractivity contribution in [1.82, 2.24) is 5.43 Å². The largest absolute Gasteiger partial charge is 0.455 e. The van der Waals surface area contributed by atoms with E-state index in [0.717, 1.165) is 10.1 Å². The van der Waals surface area contributed by atoms with Crippen molar-refractivity contribution in [3.8, 4) is 11.3 Å². The zero-order valence-corrected chi connectivity index (χ0v) is 19.7. The predicted molar refractivity (Wildman–Crippen MR) is 131 cm³/mol. The minimum atomic E-state index is -0.459. The maximum Gasteiger partial charge on any atom is 0.283 e. The van der Waals surface area contributed by atoms with E-state index in [1.807, 2.05) is 12.1 Å². The molecule has 4 rings (SSSR count). The molecule has 0 spiro atoms. The van der Waals surface area contributed by atoms with Gasteiger partial charge in [-0.05, 0) is 41.3 Å². The molecule has 1 amide bonds. The van der Waals surface area contributed by atoms with Gasteiger partial charge in [0.1, 0.15) is 16.4 Å². The topological polar surface area (TPSA) is 97.7 Å². The molecule has 2 aromatic heterocycles. The molecule has 0 aliphatic heterocycles. The molecule has 168 valence electrons. The van der Waals surface area contributed by atoms with Gasteiger partial charge in [-0.1, -0.05) is 44.5 Å². The van der Waals surface area contributed by atoms with Gasteiger partial charge in [0.25, 0.3) is 11.6 Å². The van der Waals surface area contributed by atoms with Crippen molar-refractivity contribution in [3.05, 3.63) is 85.9 Å². The number of carbonyl (C=O) groups is 1. The summed E-state index contributed by atoms with van der Waals surface area (Å²) < 4.78 is 6.63. The van der Waals surface area contributed by atoms with E-state index in [4.69, 9.17) is 16.0 Å². The lowest BCUT2D eigenvalue weighted by atomic mass is 9.87. The summed E-state index contributed by atoms with van der Waals surface area (Å²) >= 11 is 7.78. The molecule has 0 bridgehead atoms. The van der Waals surface area contributed by atoms with Gasteiger partial charge < -0.3 is 4.42 Å². The van der Waals surface area contributed by atoms with Gasteiger partial charge in [-0.3, -0.25) is 14.9 Å². The van der Waals surface area contributed by atoms with Gasteiger partial charge in [-0.2, -0.15) is 5.10 Å². The third-order valence-electron chi connectivity index (χ3n) is 5.05. The Morgan fingerprint density at radius 1 is 1.15 bits per heavy atom. The molecule has 0 unspecified atom stereocenters. The van der Waals surface area contributed by atoms with Crippen molar-refractivity contribution in [1.29, 1.82) is 0 Å². The summed E-state index contributed by atoms with van der Waals surface area (Å²) in [7, 11) is 0. The fraction of sp³-hybridized carbons (Fsp3) is 0.167. The number of nitrogens with zero attached hydrogens (tertiary/aromatic N) is 2. The first-order valence-electron chi connectivity index (χ1n) is 10.0. The molecule has 1 N–H and O–H groups in total. The molecule has 33 heavy (non-hydrogen) atoms. The summed E-state index contributed by atoms with van der Waals surface area (Å²) in [6.45, 7) is 6.40. The number of carbonyl (C=O) groups excluding carboxylic acids is 1. The zero-order valence-electron chi connectivity index (χ0n) is 18.1. The molecule has 7 nitrogen and oxygen atoms in total. The van der Waals surface area contributed by atoms with E-state index in [9.17, 15) is 14.9 Å². The summed E-state index contributed by atoms with van der Waals surface area (Å²) in [6, 6.07) is 15.5. The number of amides is 1. The van der Waals surface area contributed by atoms with Crippen molar-refractivity contribution in [2.24, 2.45) is 5.10 Å². The van der Waals surface area contributed by atoms with Gasteiger partial charge in [0.2, 0.25) is 0 Å². The Kier molecular flexibility index (Phi) is 6.05. The second kappa shape index (κ2) is 8.80. The van der Waals surface area contributed by atoms with Crippen LogP contribution >= 0.6 is 22.9 Å². The zero-order chi connectivity index (χ0) is 23.8. The van der Waals surface area contributed by atoms with Crippen molar-refractivity contribution >= 4 is 50.8 Å². The standard InChI is InChI=1S/C24H20ClN3O4S/c1-24(2,3)15-6-10-18-20(12-15)33-22(21(18)25)23(29)27-26-13-17-9-11-19(32-17)14-4-7-16(8-5-14)28(30)31/h4-13H,1-3H3,(H,27,29). The van der Waals surface area contributed by atoms with Crippen LogP contribution in [0.4, 0.5) is 5.69 Å². The van der Waals surface area contributed by atoms with Gasteiger partial charge in [-0.15, -0.1) is 11.3 Å². The number of non-ortho nitro benzene ring substituents is 1. The number of nitrogens with one attached hydrogen (secondary N) is 1. The van der Waals surface area contributed by atoms with E-state index in [1.54, 1.807) is 24.3 Å². The van der Waals surface area contributed by atoms with Crippen LogP contribution in [0.25, 0.3) is 21.4 Å². The molecule has 2 aromatic carbocycles. The maximum atomic E-state index is 12.6. The van der Waals surface area contributed by atoms with E-state index in [2.05, 4.69) is 37.4 Å². The number of benzene rings is 2. The number of halogens is 1. The summed E-state index contributed by atoms with van der Waals surface area (Å²) in [5.74, 6) is 0.540. The second-order valence-electron chi connectivity index (χ2n) is 8.41. The number of nitro benzene ring substituents is 1. The average molecular weight is 482 g/mol. The van der Waals surface area contributed by atoms with E-state index in [-0.39, 0.29) is 11.1 Å². The number of nitro groups is 1. The fourth-order valence-corrected chi connectivity index (χ4v) is 4.65. The first kappa shape index (κ1) is 22.7. The van der Waals surface area contributed by atoms with Crippen molar-refractivity contribution < 1.29 is 14.1 Å². The number of fused-ring (bicyclic) bond motifs is 1. The SMILES string of the molecule is CC(C)(C)c1ccc2c(Cl)c(C(=O)NN=Cc3ccc(-c4ccc([N+](=O)[O-])cc4)o3)sc2c1. The first-order valence-corrected chi connectivity index (χ1v) is 11.2. The number of rotatable bonds is 5. The van der Waals surface area contributed by atoms with Crippen LogP contribution in [0, 0.1) is 10.1 Å². The Morgan fingerprint density at radius 3 is 2.55 bits per heavy atom. The van der Waals surface area contributed by atoms with Gasteiger partial charge >= 0.3 is 0 Å². The normalized spacial score (nSPS) is 11.9. The molecule has 0 radical (unpaired) electrons. The smallest absolute Gasteiger partial charge is 0.283 e. The molecule has 2 heterocycles. The van der Waals surface area contributed by atoms with Crippen LogP contribution in [0.1, 0.15) is 41.8 Å². The molecule has 0 saturated carbocycles. The minimum absolute atomic E-state index is 0.00401. The van der Waals surface area contributed by atoms with Crippen LogP contribution in [-0.4, -0.2) is 17.0 Å². The van der Waals surface area contributed by atoms with Crippen LogP contribution in [0.15, 0.2) is 64.1 Å². The number of thiophene rings is 1. The molecule has 9 heteroatoms. The predicted octanol–water partition coefficient (Wildman–Crippen LogP) is 6.78. The molecule has 0 aliphatic carbocycles. The molecule has 0 fully saturated rings. The third-order valence-corrected chi connectivity index (χ3v) is 6.70. The Balaban J connectivity index is 1.47. The van der Waals surface area contributed by atoms with E-state index < -0.39 is 10.8 Å². The van der Waals surface area contributed by atoms with Gasteiger partial charge in [0.15, 0.2) is 0 Å². The Morgan fingerprint density at radius 2 is 1.88 bits per heavy atom. The van der Waals surface area contributed by atoms with Crippen LogP contribution < -0.4 is 5.43 Å². The lowest BCUT2D eigenvalue weighted by Crippen LogP contribution is -2.16. The highest BCUT2D eigenvalue weighted by Crippen LogP contribution is 2.37. The average Bonchev–Trinajstić information content (AvgIpc) is 3.37. The highest BCUT2D eigenvalue weighted by atomic mass is 35.5. The molecule has 0 saturated heterocycles. The number of hydrazone groups is 1. The second-order valence-corrected chi connectivity index (χ2v) is 9.84. The summed E-state index contributed by atoms with van der Waals surface area (Å²) in [6.07, 6.45) is 1.38. The molecule has 0 atom stereocenters. The van der Waals surface area contributed by atoms with E-state index >= 15 is 0 Å². The van der Waals surface area contributed by atoms with Crippen molar-refractivity contribution in [2.45, 2.75) is 26.2 Å². The van der Waals surface area contributed by atoms with Crippen LogP contribution in [0.3, 0.4) is 0 Å². The van der Waals surface area contributed by atoms with E-state index in [0.29, 0.717) is 27.0 Å². The van der Waals surface area contributed by atoms with Gasteiger partial charge in [0, 0.05) is 27.8 Å². The summed E-state index contributed by atoms with van der Waals surface area (Å²) in [4.78, 5) is 23.3. The highest BCUT2D eigenvalue weighted by Gasteiger charge is 2.20. The van der Waals surface area contributed by atoms with E-state index in [1.165, 1.54) is 35.2 Å². The monoisotopic (exact) mass is 481 g/mol. The number of furan rings is 1. The quantitative estimate of drug-likeness (QED) is 0.193. The maximum absolute atomic E-state index is 12.6. The molecular formula is C24H20ClN3O4S. The molecular weight excluding hydrogens is 462 g/mol. The highest BCUT2D eigenvalue weighted by molar-refractivity contribution is 7.21. The Labute approximate surface area is 198 Å². The number of hydrogen-bond acceptors (Lipinski definition) is 6. The molecule has 0 aliphatic rings. The summed E-state index contributed by atoms with van der Waals surface area (Å²) in [5.41, 5.74) is 4.34. The Hall–Kier alpha value is -3.49. The molecule has 4 aromatic rings. The Bertz CT molecular complexity index is 1380. The lowest BCUT2D eigenvalue weighted by molar-refractivity contribution is -0.384.